The van der Waals surface area contributed by atoms with Crippen molar-refractivity contribution in [3.8, 4) is 22.6 Å². The van der Waals surface area contributed by atoms with Crippen LogP contribution >= 0.6 is 0 Å². The second-order valence-corrected chi connectivity index (χ2v) is 8.99. The smallest absolute Gasteiger partial charge is 0.489 e. The van der Waals surface area contributed by atoms with Gasteiger partial charge in [0.15, 0.2) is 5.75 Å². The van der Waals surface area contributed by atoms with Crippen LogP contribution in [0.5, 0.6) is 11.5 Å². The number of hydrogen-bond donors (Lipinski definition) is 0. The van der Waals surface area contributed by atoms with Crippen molar-refractivity contribution >= 4 is 11.5 Å². The van der Waals surface area contributed by atoms with Gasteiger partial charge in [0, 0.05) is 11.5 Å². The summed E-state index contributed by atoms with van der Waals surface area (Å²) in [6.07, 6.45) is -15.8. The van der Waals surface area contributed by atoms with Gasteiger partial charge in [-0.1, -0.05) is 30.3 Å². The van der Waals surface area contributed by atoms with Crippen LogP contribution in [0.4, 0.5) is 49.6 Å². The number of hydrogen-bond acceptors (Lipinski definition) is 5. The van der Waals surface area contributed by atoms with Crippen molar-refractivity contribution in [2.45, 2.75) is 37.5 Å². The predicted molar refractivity (Wildman–Crippen MR) is 124 cm³/mol. The molecule has 1 heterocycles. The summed E-state index contributed by atoms with van der Waals surface area (Å²) in [4.78, 5) is 13.1. The van der Waals surface area contributed by atoms with Gasteiger partial charge in [0.1, 0.15) is 18.1 Å². The molecule has 1 unspecified atom stereocenters. The van der Waals surface area contributed by atoms with E-state index in [0.29, 0.717) is 0 Å². The van der Waals surface area contributed by atoms with E-state index in [1.54, 1.807) is 0 Å². The highest BCUT2D eigenvalue weighted by Gasteiger charge is 2.46. The standard InChI is InChI=1S/C26H19F10NO4/c27-23(28)25(32,33)40-16-6-2-5-15(11-16)20-13-39-22-18(14-4-1-7-17(10-14)41-26(34,35)36)8-3-9-19(22)37(20)12-21(38)24(29,30)31/h1-4,6-11,15,20,23H,5,12-13H2/t15?,20-/m1/s1. The maximum absolute atomic E-state index is 13.5. The molecule has 0 spiro atoms. The Kier molecular flexibility index (Phi) is 8.18. The zero-order valence-electron chi connectivity index (χ0n) is 20.5. The van der Waals surface area contributed by atoms with Crippen LogP contribution in [0.25, 0.3) is 11.1 Å². The number of para-hydroxylation sites is 1. The van der Waals surface area contributed by atoms with Crippen molar-refractivity contribution in [2.24, 2.45) is 5.92 Å². The zero-order chi connectivity index (χ0) is 30.2. The fourth-order valence-corrected chi connectivity index (χ4v) is 4.44. The van der Waals surface area contributed by atoms with E-state index in [-0.39, 0.29) is 29.0 Å². The fraction of sp³-hybridized carbons (Fsp3) is 0.346. The van der Waals surface area contributed by atoms with Crippen LogP contribution in [0.3, 0.4) is 0 Å². The van der Waals surface area contributed by atoms with E-state index >= 15 is 0 Å². The summed E-state index contributed by atoms with van der Waals surface area (Å²) >= 11 is 0. The van der Waals surface area contributed by atoms with Gasteiger partial charge >= 0.3 is 25.1 Å². The summed E-state index contributed by atoms with van der Waals surface area (Å²) in [5.74, 6) is -4.35. The van der Waals surface area contributed by atoms with Crippen LogP contribution in [0.1, 0.15) is 6.42 Å². The highest BCUT2D eigenvalue weighted by atomic mass is 19.4. The number of nitrogens with zero attached hydrogens (tertiary/aromatic N) is 1. The Balaban J connectivity index is 1.73. The van der Waals surface area contributed by atoms with E-state index < -0.39 is 67.5 Å². The van der Waals surface area contributed by atoms with Crippen LogP contribution in [0.15, 0.2) is 66.5 Å². The van der Waals surface area contributed by atoms with Gasteiger partial charge < -0.3 is 19.1 Å². The Hall–Kier alpha value is -3.91. The molecule has 0 radical (unpaired) electrons. The SMILES string of the molecule is O=C(CN1c2cccc(-c3cccc(OC(F)(F)F)c3)c2OC[C@@H]1C1C=C(OC(F)(F)C(F)F)C=CC1)C(F)(F)F. The number of halogens is 10. The van der Waals surface area contributed by atoms with E-state index in [2.05, 4.69) is 9.47 Å². The van der Waals surface area contributed by atoms with Crippen molar-refractivity contribution in [3.05, 3.63) is 66.5 Å². The summed E-state index contributed by atoms with van der Waals surface area (Å²) in [5, 5.41) is 0. The van der Waals surface area contributed by atoms with Gasteiger partial charge in [-0.2, -0.15) is 30.7 Å². The lowest BCUT2D eigenvalue weighted by molar-refractivity contribution is -0.280. The maximum Gasteiger partial charge on any atom is 0.573 e. The molecule has 1 aliphatic heterocycles. The molecule has 0 N–H and O–H groups in total. The quantitative estimate of drug-likeness (QED) is 0.299. The van der Waals surface area contributed by atoms with Crippen molar-refractivity contribution < 1.29 is 62.9 Å². The summed E-state index contributed by atoms with van der Waals surface area (Å²) < 4.78 is 144. The minimum atomic E-state index is -5.24. The number of alkyl halides is 10. The van der Waals surface area contributed by atoms with Crippen LogP contribution in [-0.2, 0) is 9.53 Å². The first kappa shape index (κ1) is 30.1. The third-order valence-corrected chi connectivity index (χ3v) is 6.18. The normalized spacial score (nSPS) is 19.4. The number of Topliss-reactive ketones (excluding diaryl/α,β-unsaturated/α-hetero) is 1. The van der Waals surface area contributed by atoms with Gasteiger partial charge in [-0.05, 0) is 42.3 Å². The molecule has 0 saturated heterocycles. The highest BCUT2D eigenvalue weighted by Crippen LogP contribution is 2.45. The third-order valence-electron chi connectivity index (χ3n) is 6.18. The van der Waals surface area contributed by atoms with Gasteiger partial charge in [0.05, 0.1) is 18.3 Å². The molecule has 222 valence electrons. The monoisotopic (exact) mass is 599 g/mol. The number of allylic oxidation sites excluding steroid dienone is 2. The van der Waals surface area contributed by atoms with E-state index in [4.69, 9.17) is 4.74 Å². The number of rotatable bonds is 8. The van der Waals surface area contributed by atoms with Crippen molar-refractivity contribution in [1.82, 2.24) is 0 Å². The van der Waals surface area contributed by atoms with Crippen LogP contribution in [0, 0.1) is 5.92 Å². The van der Waals surface area contributed by atoms with E-state index in [1.807, 2.05) is 0 Å². The number of ether oxygens (including phenoxy) is 3. The van der Waals surface area contributed by atoms with Gasteiger partial charge in [-0.15, -0.1) is 13.2 Å². The Labute approximate surface area is 225 Å². The van der Waals surface area contributed by atoms with E-state index in [1.165, 1.54) is 36.4 Å². The first-order valence-corrected chi connectivity index (χ1v) is 11.8. The molecule has 2 aromatic rings. The first-order chi connectivity index (χ1) is 19.0. The molecule has 2 aromatic carbocycles. The fourth-order valence-electron chi connectivity index (χ4n) is 4.44. The van der Waals surface area contributed by atoms with Gasteiger partial charge in [-0.3, -0.25) is 4.79 Å². The summed E-state index contributed by atoms with van der Waals surface area (Å²) in [5.41, 5.74) is 0.272. The minimum absolute atomic E-state index is 0.0400. The molecule has 5 nitrogen and oxygen atoms in total. The molecule has 0 bridgehead atoms. The van der Waals surface area contributed by atoms with Crippen LogP contribution < -0.4 is 14.4 Å². The largest absolute Gasteiger partial charge is 0.573 e. The topological polar surface area (TPSA) is 48.0 Å². The molecule has 0 saturated carbocycles. The summed E-state index contributed by atoms with van der Waals surface area (Å²) in [7, 11) is 0. The number of carbonyl (C=O) groups excluding carboxylic acids is 1. The lowest BCUT2D eigenvalue weighted by Crippen LogP contribution is -2.51. The molecular weight excluding hydrogens is 580 g/mol. The molecule has 2 atom stereocenters. The maximum atomic E-state index is 13.5. The van der Waals surface area contributed by atoms with Crippen LogP contribution in [-0.4, -0.2) is 50.0 Å². The Morgan fingerprint density at radius 2 is 1.71 bits per heavy atom. The molecule has 1 aliphatic carbocycles. The third kappa shape index (κ3) is 7.06. The van der Waals surface area contributed by atoms with Gasteiger partial charge in [-0.25, -0.2) is 0 Å². The number of fused-ring (bicyclic) bond motifs is 1. The average Bonchev–Trinajstić information content (AvgIpc) is 2.87. The van der Waals surface area contributed by atoms with E-state index in [9.17, 15) is 48.7 Å². The van der Waals surface area contributed by atoms with Gasteiger partial charge in [0.2, 0.25) is 0 Å². The second-order valence-electron chi connectivity index (χ2n) is 8.99. The Morgan fingerprint density at radius 1 is 1.00 bits per heavy atom. The van der Waals surface area contributed by atoms with Crippen molar-refractivity contribution in [3.63, 3.8) is 0 Å². The highest BCUT2D eigenvalue weighted by molar-refractivity contribution is 5.90. The lowest BCUT2D eigenvalue weighted by atomic mass is 9.89. The summed E-state index contributed by atoms with van der Waals surface area (Å²) in [6, 6.07) is 7.75. The molecule has 0 amide bonds. The lowest BCUT2D eigenvalue weighted by Gasteiger charge is -2.42. The molecule has 4 rings (SSSR count). The molecule has 41 heavy (non-hydrogen) atoms. The zero-order valence-corrected chi connectivity index (χ0v) is 20.5. The number of carbonyl (C=O) groups is 1. The number of anilines is 1. The molecule has 0 fully saturated rings. The molecule has 2 aliphatic rings. The molecule has 15 heteroatoms. The Bertz CT molecular complexity index is 1340. The second kappa shape index (κ2) is 11.2. The Morgan fingerprint density at radius 3 is 2.37 bits per heavy atom. The summed E-state index contributed by atoms with van der Waals surface area (Å²) in [6.45, 7) is -1.62. The average molecular weight is 599 g/mol. The first-order valence-electron chi connectivity index (χ1n) is 11.8. The predicted octanol–water partition coefficient (Wildman–Crippen LogP) is 7.29. The minimum Gasteiger partial charge on any atom is -0.489 e. The number of ketones is 1. The number of benzene rings is 2. The van der Waals surface area contributed by atoms with Gasteiger partial charge in [0.25, 0.3) is 5.78 Å². The molecular formula is C26H19F10NO4. The van der Waals surface area contributed by atoms with E-state index in [0.717, 1.165) is 29.2 Å². The molecule has 0 aromatic heterocycles. The van der Waals surface area contributed by atoms with Crippen molar-refractivity contribution in [2.75, 3.05) is 18.1 Å². The van der Waals surface area contributed by atoms with Crippen LogP contribution in [0.2, 0.25) is 0 Å². The van der Waals surface area contributed by atoms with Crippen molar-refractivity contribution in [1.29, 1.82) is 0 Å².